The van der Waals surface area contributed by atoms with Crippen molar-refractivity contribution in [2.45, 2.75) is 6.18 Å². The van der Waals surface area contributed by atoms with Crippen LogP contribution in [0.5, 0.6) is 0 Å². The zero-order valence-electron chi connectivity index (χ0n) is 14.1. The minimum Gasteiger partial charge on any atom is -0.368 e. The minimum atomic E-state index is -4.48. The summed E-state index contributed by atoms with van der Waals surface area (Å²) in [6, 6.07) is 11.6. The van der Waals surface area contributed by atoms with Gasteiger partial charge in [-0.25, -0.2) is 0 Å². The molecule has 8 heteroatoms. The third-order valence-corrected chi connectivity index (χ3v) is 4.75. The third kappa shape index (κ3) is 4.17. The van der Waals surface area contributed by atoms with E-state index in [4.69, 9.17) is 16.9 Å². The fraction of sp³-hybridized carbons (Fsp3) is 0.263. The maximum atomic E-state index is 12.8. The van der Waals surface area contributed by atoms with Crippen molar-refractivity contribution in [1.82, 2.24) is 4.90 Å². The first-order valence-electron chi connectivity index (χ1n) is 8.21. The Morgan fingerprint density at radius 2 is 1.78 bits per heavy atom. The predicted octanol–water partition coefficient (Wildman–Crippen LogP) is 4.19. The average molecular weight is 394 g/mol. The van der Waals surface area contributed by atoms with Gasteiger partial charge in [0.1, 0.15) is 6.07 Å². The zero-order chi connectivity index (χ0) is 19.6. The number of hydrogen-bond donors (Lipinski definition) is 0. The van der Waals surface area contributed by atoms with E-state index in [9.17, 15) is 18.0 Å². The SMILES string of the molecule is N#Cc1ccc(N2CCN(C(=O)c3cccc(C(F)(F)F)c3)CC2)cc1Cl. The smallest absolute Gasteiger partial charge is 0.368 e. The van der Waals surface area contributed by atoms with Crippen LogP contribution in [0.15, 0.2) is 42.5 Å². The van der Waals surface area contributed by atoms with Gasteiger partial charge in [0.25, 0.3) is 5.91 Å². The molecule has 0 spiro atoms. The highest BCUT2D eigenvalue weighted by Crippen LogP contribution is 2.30. The fourth-order valence-electron chi connectivity index (χ4n) is 2.97. The lowest BCUT2D eigenvalue weighted by Gasteiger charge is -2.36. The Morgan fingerprint density at radius 1 is 1.07 bits per heavy atom. The highest BCUT2D eigenvalue weighted by atomic mass is 35.5. The standard InChI is InChI=1S/C19H15ClF3N3O/c20-17-11-16(5-4-14(17)12-24)25-6-8-26(9-7-25)18(27)13-2-1-3-15(10-13)19(21,22)23/h1-5,10-11H,6-9H2. The normalized spacial score (nSPS) is 14.8. The molecule has 2 aromatic carbocycles. The average Bonchev–Trinajstić information content (AvgIpc) is 2.67. The molecule has 0 saturated carbocycles. The molecule has 0 N–H and O–H groups in total. The number of piperazine rings is 1. The lowest BCUT2D eigenvalue weighted by Crippen LogP contribution is -2.48. The molecule has 1 aliphatic heterocycles. The van der Waals surface area contributed by atoms with Crippen LogP contribution in [0, 0.1) is 11.3 Å². The van der Waals surface area contributed by atoms with Crippen molar-refractivity contribution in [3.05, 3.63) is 64.2 Å². The van der Waals surface area contributed by atoms with Gasteiger partial charge in [0.15, 0.2) is 0 Å². The number of rotatable bonds is 2. The summed E-state index contributed by atoms with van der Waals surface area (Å²) in [5.74, 6) is -0.418. The molecule has 1 aliphatic rings. The van der Waals surface area contributed by atoms with Crippen LogP contribution in [0.1, 0.15) is 21.5 Å². The second-order valence-electron chi connectivity index (χ2n) is 6.13. The van der Waals surface area contributed by atoms with Crippen molar-refractivity contribution in [1.29, 1.82) is 5.26 Å². The van der Waals surface area contributed by atoms with Gasteiger partial charge in [0, 0.05) is 37.4 Å². The molecular formula is C19H15ClF3N3O. The number of halogens is 4. The Morgan fingerprint density at radius 3 is 2.37 bits per heavy atom. The summed E-state index contributed by atoms with van der Waals surface area (Å²) < 4.78 is 38.5. The lowest BCUT2D eigenvalue weighted by molar-refractivity contribution is -0.137. The topological polar surface area (TPSA) is 47.3 Å². The number of alkyl halides is 3. The predicted molar refractivity (Wildman–Crippen MR) is 95.7 cm³/mol. The molecule has 0 atom stereocenters. The summed E-state index contributed by atoms with van der Waals surface area (Å²) in [7, 11) is 0. The monoisotopic (exact) mass is 393 g/mol. The van der Waals surface area contributed by atoms with Gasteiger partial charge in [-0.2, -0.15) is 18.4 Å². The van der Waals surface area contributed by atoms with E-state index < -0.39 is 17.6 Å². The molecular weight excluding hydrogens is 379 g/mol. The van der Waals surface area contributed by atoms with Gasteiger partial charge in [0.05, 0.1) is 16.1 Å². The number of anilines is 1. The van der Waals surface area contributed by atoms with E-state index in [1.165, 1.54) is 17.0 Å². The summed E-state index contributed by atoms with van der Waals surface area (Å²) >= 11 is 6.05. The Bertz CT molecular complexity index is 900. The molecule has 0 unspecified atom stereocenters. The van der Waals surface area contributed by atoms with E-state index in [0.717, 1.165) is 17.8 Å². The van der Waals surface area contributed by atoms with Gasteiger partial charge in [0.2, 0.25) is 0 Å². The highest BCUT2D eigenvalue weighted by Gasteiger charge is 2.31. The second kappa shape index (κ2) is 7.49. The maximum Gasteiger partial charge on any atom is 0.416 e. The summed E-state index contributed by atoms with van der Waals surface area (Å²) in [6.07, 6.45) is -4.48. The van der Waals surface area contributed by atoms with E-state index in [-0.39, 0.29) is 5.56 Å². The Hall–Kier alpha value is -2.72. The van der Waals surface area contributed by atoms with Crippen LogP contribution >= 0.6 is 11.6 Å². The molecule has 1 heterocycles. The van der Waals surface area contributed by atoms with Gasteiger partial charge in [-0.3, -0.25) is 4.79 Å². The van der Waals surface area contributed by atoms with E-state index in [0.29, 0.717) is 36.8 Å². The van der Waals surface area contributed by atoms with Crippen molar-refractivity contribution < 1.29 is 18.0 Å². The molecule has 1 fully saturated rings. The van der Waals surface area contributed by atoms with Crippen molar-refractivity contribution in [3.8, 4) is 6.07 Å². The molecule has 4 nitrogen and oxygen atoms in total. The lowest BCUT2D eigenvalue weighted by atomic mass is 10.1. The number of hydrogen-bond acceptors (Lipinski definition) is 3. The van der Waals surface area contributed by atoms with Gasteiger partial charge in [-0.15, -0.1) is 0 Å². The number of benzene rings is 2. The van der Waals surface area contributed by atoms with Crippen molar-refractivity contribution in [3.63, 3.8) is 0 Å². The molecule has 1 saturated heterocycles. The zero-order valence-corrected chi connectivity index (χ0v) is 14.9. The summed E-state index contributed by atoms with van der Waals surface area (Å²) in [6.45, 7) is 1.80. The van der Waals surface area contributed by atoms with Crippen molar-refractivity contribution in [2.24, 2.45) is 0 Å². The summed E-state index contributed by atoms with van der Waals surface area (Å²) in [4.78, 5) is 16.1. The van der Waals surface area contributed by atoms with Crippen LogP contribution in [-0.4, -0.2) is 37.0 Å². The molecule has 0 radical (unpaired) electrons. The van der Waals surface area contributed by atoms with Crippen LogP contribution in [0.3, 0.4) is 0 Å². The second-order valence-corrected chi connectivity index (χ2v) is 6.54. The Balaban J connectivity index is 1.68. The fourth-order valence-corrected chi connectivity index (χ4v) is 3.19. The first kappa shape index (κ1) is 19.1. The molecule has 27 heavy (non-hydrogen) atoms. The number of amides is 1. The van der Waals surface area contributed by atoms with E-state index in [2.05, 4.69) is 0 Å². The molecule has 3 rings (SSSR count). The molecule has 0 bridgehead atoms. The molecule has 1 amide bonds. The van der Waals surface area contributed by atoms with E-state index in [1.807, 2.05) is 11.0 Å². The molecule has 2 aromatic rings. The summed E-state index contributed by atoms with van der Waals surface area (Å²) in [5, 5.41) is 9.29. The number of carbonyl (C=O) groups is 1. The maximum absolute atomic E-state index is 12.8. The third-order valence-electron chi connectivity index (χ3n) is 4.44. The van der Waals surface area contributed by atoms with Gasteiger partial charge in [-0.05, 0) is 36.4 Å². The number of nitrogens with zero attached hydrogens (tertiary/aromatic N) is 3. The number of carbonyl (C=O) groups excluding carboxylic acids is 1. The first-order valence-corrected chi connectivity index (χ1v) is 8.58. The van der Waals surface area contributed by atoms with Crippen LogP contribution in [-0.2, 0) is 6.18 Å². The van der Waals surface area contributed by atoms with Crippen molar-refractivity contribution >= 4 is 23.2 Å². The van der Waals surface area contributed by atoms with E-state index in [1.54, 1.807) is 18.2 Å². The van der Waals surface area contributed by atoms with Crippen LogP contribution in [0.2, 0.25) is 5.02 Å². The Kier molecular flexibility index (Phi) is 5.29. The van der Waals surface area contributed by atoms with Crippen LogP contribution in [0.25, 0.3) is 0 Å². The van der Waals surface area contributed by atoms with Gasteiger partial charge >= 0.3 is 6.18 Å². The van der Waals surface area contributed by atoms with Crippen molar-refractivity contribution in [2.75, 3.05) is 31.1 Å². The quantitative estimate of drug-likeness (QED) is 0.768. The van der Waals surface area contributed by atoms with E-state index >= 15 is 0 Å². The minimum absolute atomic E-state index is 0.0275. The van der Waals surface area contributed by atoms with Crippen LogP contribution < -0.4 is 4.90 Å². The van der Waals surface area contributed by atoms with Crippen LogP contribution in [0.4, 0.5) is 18.9 Å². The highest BCUT2D eigenvalue weighted by molar-refractivity contribution is 6.32. The Labute approximate surface area is 159 Å². The van der Waals surface area contributed by atoms with Gasteiger partial charge in [-0.1, -0.05) is 17.7 Å². The number of nitriles is 1. The first-order chi connectivity index (χ1) is 12.8. The largest absolute Gasteiger partial charge is 0.416 e. The van der Waals surface area contributed by atoms with Gasteiger partial charge < -0.3 is 9.80 Å². The summed E-state index contributed by atoms with van der Waals surface area (Å²) in [5.41, 5.74) is 0.419. The molecule has 0 aromatic heterocycles. The molecule has 140 valence electrons. The molecule has 0 aliphatic carbocycles.